The lowest BCUT2D eigenvalue weighted by molar-refractivity contribution is -0.132. The van der Waals surface area contributed by atoms with Gasteiger partial charge in [-0.05, 0) is 64.2 Å². The highest BCUT2D eigenvalue weighted by Gasteiger charge is 2.28. The highest BCUT2D eigenvalue weighted by atomic mass is 16.3. The normalized spacial score (nSPS) is 14.7. The van der Waals surface area contributed by atoms with Crippen molar-refractivity contribution in [1.82, 2.24) is 5.32 Å². The van der Waals surface area contributed by atoms with E-state index in [9.17, 15) is 25.2 Å². The maximum atomic E-state index is 12.4. The molecule has 0 aliphatic rings. The molecule has 6 heteroatoms. The van der Waals surface area contributed by atoms with Crippen LogP contribution in [0, 0.1) is 0 Å². The number of allylic oxidation sites excluding steroid dienone is 4. The Hall–Kier alpha value is -1.21. The Kier molecular flexibility index (Phi) is 34.2. The van der Waals surface area contributed by atoms with E-state index >= 15 is 0 Å². The zero-order chi connectivity index (χ0) is 33.9. The molecule has 0 radical (unpaired) electrons. The van der Waals surface area contributed by atoms with Gasteiger partial charge in [-0.2, -0.15) is 0 Å². The van der Waals surface area contributed by atoms with Crippen LogP contribution in [0.1, 0.15) is 194 Å². The minimum atomic E-state index is -1.28. The summed E-state index contributed by atoms with van der Waals surface area (Å²) in [5.41, 5.74) is 0. The van der Waals surface area contributed by atoms with Crippen molar-refractivity contribution in [2.45, 2.75) is 218 Å². The summed E-state index contributed by atoms with van der Waals surface area (Å²) in [5, 5.41) is 43.2. The van der Waals surface area contributed by atoms with E-state index in [1.54, 1.807) is 0 Å². The smallest absolute Gasteiger partial charge is 0.249 e. The molecule has 0 aromatic rings. The van der Waals surface area contributed by atoms with Crippen LogP contribution in [0.2, 0.25) is 0 Å². The second-order valence-corrected chi connectivity index (χ2v) is 13.6. The molecule has 6 nitrogen and oxygen atoms in total. The number of hydrogen-bond acceptors (Lipinski definition) is 5. The monoisotopic (exact) mass is 652 g/mol. The summed E-state index contributed by atoms with van der Waals surface area (Å²) in [4.78, 5) is 12.4. The topological polar surface area (TPSA) is 110 Å². The molecule has 0 heterocycles. The largest absolute Gasteiger partial charge is 0.394 e. The Morgan fingerprint density at radius 2 is 0.891 bits per heavy atom. The predicted octanol–water partition coefficient (Wildman–Crippen LogP) is 9.62. The molecule has 0 aliphatic carbocycles. The Bertz CT molecular complexity index is 697. The number of nitrogens with one attached hydrogen (secondary N) is 1. The van der Waals surface area contributed by atoms with Gasteiger partial charge in [-0.15, -0.1) is 0 Å². The molecule has 4 unspecified atom stereocenters. The van der Waals surface area contributed by atoms with Gasteiger partial charge in [0.1, 0.15) is 12.2 Å². The molecule has 5 N–H and O–H groups in total. The van der Waals surface area contributed by atoms with Crippen molar-refractivity contribution in [3.05, 3.63) is 24.3 Å². The van der Waals surface area contributed by atoms with E-state index in [1.165, 1.54) is 122 Å². The maximum Gasteiger partial charge on any atom is 0.249 e. The first-order chi connectivity index (χ1) is 22.5. The Balaban J connectivity index is 3.72. The number of carbonyl (C=O) groups is 1. The summed E-state index contributed by atoms with van der Waals surface area (Å²) in [6, 6.07) is -1.000. The highest BCUT2D eigenvalue weighted by molar-refractivity contribution is 5.80. The fourth-order valence-corrected chi connectivity index (χ4v) is 5.93. The van der Waals surface area contributed by atoms with Crippen molar-refractivity contribution >= 4 is 5.91 Å². The summed E-state index contributed by atoms with van der Waals surface area (Å²) in [7, 11) is 0. The summed E-state index contributed by atoms with van der Waals surface area (Å²) in [6.45, 7) is 3.96. The fourth-order valence-electron chi connectivity index (χ4n) is 5.93. The van der Waals surface area contributed by atoms with Crippen molar-refractivity contribution < 1.29 is 25.2 Å². The number of amides is 1. The first-order valence-electron chi connectivity index (χ1n) is 19.7. The second-order valence-electron chi connectivity index (χ2n) is 13.6. The summed E-state index contributed by atoms with van der Waals surface area (Å²) < 4.78 is 0. The van der Waals surface area contributed by atoms with Gasteiger partial charge < -0.3 is 25.7 Å². The van der Waals surface area contributed by atoms with E-state index in [2.05, 4.69) is 43.5 Å². The Morgan fingerprint density at radius 3 is 1.35 bits per heavy atom. The minimum Gasteiger partial charge on any atom is -0.394 e. The summed E-state index contributed by atoms with van der Waals surface area (Å²) >= 11 is 0. The zero-order valence-electron chi connectivity index (χ0n) is 30.3. The summed E-state index contributed by atoms with van der Waals surface area (Å²) in [5.74, 6) is -0.601. The van der Waals surface area contributed by atoms with E-state index in [0.29, 0.717) is 19.3 Å². The van der Waals surface area contributed by atoms with Crippen LogP contribution in [0.25, 0.3) is 0 Å². The van der Waals surface area contributed by atoms with Crippen LogP contribution in [0.4, 0.5) is 0 Å². The quantitative estimate of drug-likeness (QED) is 0.0346. The third-order valence-corrected chi connectivity index (χ3v) is 9.13. The van der Waals surface area contributed by atoms with Crippen molar-refractivity contribution in [3.63, 3.8) is 0 Å². The van der Waals surface area contributed by atoms with Crippen molar-refractivity contribution in [3.8, 4) is 0 Å². The van der Waals surface area contributed by atoms with Gasteiger partial charge in [-0.25, -0.2) is 0 Å². The van der Waals surface area contributed by atoms with Crippen molar-refractivity contribution in [2.75, 3.05) is 6.61 Å². The number of aliphatic hydroxyl groups excluding tert-OH is 4. The molecule has 272 valence electrons. The molecular weight excluding hydrogens is 574 g/mol. The maximum absolute atomic E-state index is 12.4. The van der Waals surface area contributed by atoms with Crippen LogP contribution in [0.15, 0.2) is 24.3 Å². The molecule has 1 amide bonds. The average Bonchev–Trinajstić information content (AvgIpc) is 3.06. The predicted molar refractivity (Wildman–Crippen MR) is 196 cm³/mol. The van der Waals surface area contributed by atoms with Crippen molar-refractivity contribution in [1.29, 1.82) is 0 Å². The number of aliphatic hydroxyl groups is 4. The van der Waals surface area contributed by atoms with Gasteiger partial charge in [0.25, 0.3) is 0 Å². The van der Waals surface area contributed by atoms with Crippen LogP contribution in [-0.4, -0.2) is 57.3 Å². The third-order valence-electron chi connectivity index (χ3n) is 9.13. The Labute approximate surface area is 284 Å². The second kappa shape index (κ2) is 35.1. The zero-order valence-corrected chi connectivity index (χ0v) is 30.3. The SMILES string of the molecule is CCCCC/C=C/CCCC(O)C(O)C(CO)NC(=O)C(O)CCCCCCCC/C=C\CCCCCCCCCCCCCC. The number of rotatable bonds is 35. The van der Waals surface area contributed by atoms with Gasteiger partial charge in [-0.3, -0.25) is 4.79 Å². The molecule has 0 fully saturated rings. The lowest BCUT2D eigenvalue weighted by Gasteiger charge is -2.27. The van der Waals surface area contributed by atoms with E-state index < -0.39 is 36.9 Å². The van der Waals surface area contributed by atoms with E-state index in [1.807, 2.05) is 0 Å². The minimum absolute atomic E-state index is 0.356. The molecule has 0 bridgehead atoms. The van der Waals surface area contributed by atoms with Gasteiger partial charge in [0.15, 0.2) is 0 Å². The molecule has 0 saturated heterocycles. The molecule has 0 aliphatic heterocycles. The van der Waals surface area contributed by atoms with Gasteiger partial charge in [0.2, 0.25) is 5.91 Å². The standard InChI is InChI=1S/C40H77NO5/c1-3-5-7-9-11-13-14-15-16-17-18-19-20-21-22-23-24-25-26-28-30-32-34-38(44)40(46)41-36(35-42)39(45)37(43)33-31-29-27-12-10-8-6-4-2/h12,21-22,27,36-39,42-45H,3-11,13-20,23-26,28-35H2,1-2H3,(H,41,46)/b22-21-,27-12+. The molecule has 0 saturated carbocycles. The van der Waals surface area contributed by atoms with Gasteiger partial charge in [0.05, 0.1) is 18.8 Å². The van der Waals surface area contributed by atoms with Crippen molar-refractivity contribution in [2.24, 2.45) is 0 Å². The van der Waals surface area contributed by atoms with Crippen LogP contribution in [0.3, 0.4) is 0 Å². The molecule has 0 aromatic carbocycles. The number of carbonyl (C=O) groups excluding carboxylic acids is 1. The van der Waals surface area contributed by atoms with Gasteiger partial charge >= 0.3 is 0 Å². The van der Waals surface area contributed by atoms with Crippen LogP contribution >= 0.6 is 0 Å². The average molecular weight is 652 g/mol. The molecule has 4 atom stereocenters. The molecule has 46 heavy (non-hydrogen) atoms. The van der Waals surface area contributed by atoms with Gasteiger partial charge in [-0.1, -0.05) is 154 Å². The lowest BCUT2D eigenvalue weighted by Crippen LogP contribution is -2.53. The van der Waals surface area contributed by atoms with Crippen LogP contribution in [0.5, 0.6) is 0 Å². The van der Waals surface area contributed by atoms with E-state index in [0.717, 1.165) is 38.5 Å². The third kappa shape index (κ3) is 29.0. The number of unbranched alkanes of at least 4 members (excludes halogenated alkanes) is 22. The van der Waals surface area contributed by atoms with E-state index in [-0.39, 0.29) is 0 Å². The highest BCUT2D eigenvalue weighted by Crippen LogP contribution is 2.15. The fraction of sp³-hybridized carbons (Fsp3) is 0.875. The number of hydrogen-bond donors (Lipinski definition) is 5. The summed E-state index contributed by atoms with van der Waals surface area (Å²) in [6.07, 6.45) is 38.0. The molecule has 0 aromatic heterocycles. The molecule has 0 spiro atoms. The van der Waals surface area contributed by atoms with Crippen LogP contribution in [-0.2, 0) is 4.79 Å². The van der Waals surface area contributed by atoms with Crippen LogP contribution < -0.4 is 5.32 Å². The lowest BCUT2D eigenvalue weighted by atomic mass is 10.00. The van der Waals surface area contributed by atoms with E-state index in [4.69, 9.17) is 0 Å². The first kappa shape index (κ1) is 44.8. The molecular formula is C40H77NO5. The van der Waals surface area contributed by atoms with Gasteiger partial charge in [0, 0.05) is 0 Å². The first-order valence-corrected chi connectivity index (χ1v) is 19.7. The Morgan fingerprint density at radius 1 is 0.522 bits per heavy atom. The molecule has 0 rings (SSSR count).